The summed E-state index contributed by atoms with van der Waals surface area (Å²) < 4.78 is 2.57. The fraction of sp³-hybridized carbons (Fsp3) is 0.0286. The Morgan fingerprint density at radius 3 is 1.55 bits per heavy atom. The Hall–Kier alpha value is -8.12. The van der Waals surface area contributed by atoms with E-state index in [0.29, 0.717) is 0 Å². The molecular weight excluding hydrogens is 951 g/mol. The van der Waals surface area contributed by atoms with E-state index in [1.54, 1.807) is 0 Å². The summed E-state index contributed by atoms with van der Waals surface area (Å²) in [6.07, 6.45) is 0. The molecule has 344 valence electrons. The Labute approximate surface area is 441 Å². The molecule has 0 amide bonds. The minimum atomic E-state index is -0.559. The van der Waals surface area contributed by atoms with Crippen molar-refractivity contribution in [2.24, 2.45) is 0 Å². The SMILES string of the molecule is c1ccc2c(c1)Sc1ccc(N(c3ccc4c(c3)C3(c5ccccc5-c5ccccc53)c3ccc5ccccc5c3S4)c3cccc4sc5ccccc5c34)cc1C21c2ccccc2-c2c1ccc1ccccc21. The molecule has 2 aliphatic carbocycles. The summed E-state index contributed by atoms with van der Waals surface area (Å²) in [6.45, 7) is 0. The zero-order valence-electron chi connectivity index (χ0n) is 39.8. The molecule has 74 heavy (non-hydrogen) atoms. The quantitative estimate of drug-likeness (QED) is 0.174. The van der Waals surface area contributed by atoms with Gasteiger partial charge in [0.2, 0.25) is 0 Å². The third-order valence-electron chi connectivity index (χ3n) is 16.8. The maximum atomic E-state index is 2.60. The maximum absolute atomic E-state index is 2.60. The Balaban J connectivity index is 0.975. The standard InChI is InChI=1S/C70H41NS3/c1-3-18-46-42(16-1)32-36-56-66(46)50-22-7-11-26-54(50)70(56)55-27-12-14-30-62(55)73-63-38-34-44(40-58(63)70)71(60-28-15-31-65-67(60)51-23-8-13-29-61(51)72-65)45-35-39-64-59(41-45)69(57-37-33-43-17-2-4-19-47(43)68(57)74-64)52-24-9-5-20-48(52)49-21-6-10-25-53(49)69/h1-41H. The van der Waals surface area contributed by atoms with Gasteiger partial charge in [-0.1, -0.05) is 212 Å². The minimum Gasteiger partial charge on any atom is -0.310 e. The molecule has 1 atom stereocenters. The van der Waals surface area contributed by atoms with E-state index >= 15 is 0 Å². The second-order valence-corrected chi connectivity index (χ2v) is 23.4. The molecule has 4 aliphatic rings. The lowest BCUT2D eigenvalue weighted by molar-refractivity contribution is 0.722. The number of hydrogen-bond donors (Lipinski definition) is 0. The van der Waals surface area contributed by atoms with E-state index in [2.05, 4.69) is 254 Å². The fourth-order valence-corrected chi connectivity index (χ4v) is 17.5. The highest BCUT2D eigenvalue weighted by Crippen LogP contribution is 2.66. The zero-order chi connectivity index (χ0) is 48.3. The van der Waals surface area contributed by atoms with Crippen molar-refractivity contribution < 1.29 is 0 Å². The van der Waals surface area contributed by atoms with Crippen LogP contribution in [0.4, 0.5) is 17.1 Å². The van der Waals surface area contributed by atoms with E-state index in [1.165, 1.54) is 134 Å². The van der Waals surface area contributed by atoms with Gasteiger partial charge in [0, 0.05) is 51.1 Å². The summed E-state index contributed by atoms with van der Waals surface area (Å²) in [5, 5.41) is 7.68. The summed E-state index contributed by atoms with van der Waals surface area (Å²) in [6, 6.07) is 94.9. The van der Waals surface area contributed by atoms with E-state index in [4.69, 9.17) is 0 Å². The van der Waals surface area contributed by atoms with Gasteiger partial charge >= 0.3 is 0 Å². The van der Waals surface area contributed by atoms with Gasteiger partial charge in [0.25, 0.3) is 0 Å². The van der Waals surface area contributed by atoms with Crippen molar-refractivity contribution in [2.45, 2.75) is 30.4 Å². The third kappa shape index (κ3) is 5.27. The number of anilines is 3. The maximum Gasteiger partial charge on any atom is 0.0736 e. The molecule has 0 N–H and O–H groups in total. The molecule has 0 saturated heterocycles. The van der Waals surface area contributed by atoms with Gasteiger partial charge in [-0.3, -0.25) is 0 Å². The Morgan fingerprint density at radius 1 is 0.311 bits per heavy atom. The molecule has 4 heteroatoms. The fourth-order valence-electron chi connectivity index (χ4n) is 13.9. The van der Waals surface area contributed by atoms with Crippen LogP contribution in [0.5, 0.6) is 0 Å². The predicted molar refractivity (Wildman–Crippen MR) is 312 cm³/mol. The first-order valence-corrected chi connectivity index (χ1v) is 27.9. The van der Waals surface area contributed by atoms with Crippen molar-refractivity contribution in [3.8, 4) is 22.3 Å². The van der Waals surface area contributed by atoms with Crippen LogP contribution in [-0.2, 0) is 10.8 Å². The number of nitrogens with zero attached hydrogens (tertiary/aromatic N) is 1. The number of hydrogen-bond acceptors (Lipinski definition) is 4. The lowest BCUT2D eigenvalue weighted by Crippen LogP contribution is -2.32. The van der Waals surface area contributed by atoms with Crippen molar-refractivity contribution >= 4 is 93.6 Å². The average molecular weight is 992 g/mol. The Kier molecular flexibility index (Phi) is 8.51. The van der Waals surface area contributed by atoms with Crippen molar-refractivity contribution in [1.82, 2.24) is 0 Å². The number of fused-ring (bicyclic) bond motifs is 25. The molecular formula is C70H41NS3. The van der Waals surface area contributed by atoms with Gasteiger partial charge in [-0.05, 0) is 149 Å². The molecule has 2 aliphatic heterocycles. The van der Waals surface area contributed by atoms with Crippen molar-refractivity contribution in [1.29, 1.82) is 0 Å². The van der Waals surface area contributed by atoms with Crippen LogP contribution in [0.15, 0.2) is 268 Å². The molecule has 1 aromatic heterocycles. The highest BCUT2D eigenvalue weighted by molar-refractivity contribution is 8.00. The van der Waals surface area contributed by atoms with Gasteiger partial charge in [0.15, 0.2) is 0 Å². The van der Waals surface area contributed by atoms with Gasteiger partial charge in [-0.15, -0.1) is 11.3 Å². The summed E-state index contributed by atoms with van der Waals surface area (Å²) >= 11 is 5.72. The van der Waals surface area contributed by atoms with Gasteiger partial charge in [-0.25, -0.2) is 0 Å². The molecule has 0 bridgehead atoms. The van der Waals surface area contributed by atoms with Crippen molar-refractivity contribution in [2.75, 3.05) is 4.90 Å². The monoisotopic (exact) mass is 991 g/mol. The molecule has 0 saturated carbocycles. The number of thiophene rings is 1. The van der Waals surface area contributed by atoms with Crippen molar-refractivity contribution in [3.05, 3.63) is 293 Å². The Morgan fingerprint density at radius 2 is 0.824 bits per heavy atom. The summed E-state index contributed by atoms with van der Waals surface area (Å²) in [5.41, 5.74) is 18.3. The second kappa shape index (κ2) is 15.2. The first-order valence-electron chi connectivity index (χ1n) is 25.5. The van der Waals surface area contributed by atoms with E-state index in [9.17, 15) is 0 Å². The topological polar surface area (TPSA) is 3.24 Å². The molecule has 0 fully saturated rings. The first-order chi connectivity index (χ1) is 36.7. The molecule has 13 aromatic rings. The van der Waals surface area contributed by atoms with Crippen LogP contribution in [0.2, 0.25) is 0 Å². The zero-order valence-corrected chi connectivity index (χ0v) is 42.3. The highest BCUT2D eigenvalue weighted by Gasteiger charge is 2.52. The van der Waals surface area contributed by atoms with Crippen LogP contribution in [0, 0.1) is 0 Å². The Bertz CT molecular complexity index is 4540. The molecule has 12 aromatic carbocycles. The smallest absolute Gasteiger partial charge is 0.0736 e. The van der Waals surface area contributed by atoms with Crippen LogP contribution in [0.25, 0.3) is 64.0 Å². The van der Waals surface area contributed by atoms with Gasteiger partial charge < -0.3 is 4.90 Å². The molecule has 17 rings (SSSR count). The van der Waals surface area contributed by atoms with Gasteiger partial charge in [0.1, 0.15) is 0 Å². The van der Waals surface area contributed by atoms with Crippen LogP contribution < -0.4 is 4.90 Å². The summed E-state index contributed by atoms with van der Waals surface area (Å²) in [7, 11) is 0. The normalized spacial score (nSPS) is 15.9. The lowest BCUT2D eigenvalue weighted by Gasteiger charge is -2.41. The summed E-state index contributed by atoms with van der Waals surface area (Å²) in [5.74, 6) is 0. The molecule has 1 unspecified atom stereocenters. The van der Waals surface area contributed by atoms with E-state index in [-0.39, 0.29) is 0 Å². The largest absolute Gasteiger partial charge is 0.310 e. The number of rotatable bonds is 3. The van der Waals surface area contributed by atoms with E-state index < -0.39 is 10.8 Å². The average Bonchev–Trinajstić information content (AvgIpc) is 4.23. The van der Waals surface area contributed by atoms with Crippen LogP contribution >= 0.6 is 34.9 Å². The van der Waals surface area contributed by atoms with Gasteiger partial charge in [0.05, 0.1) is 16.5 Å². The predicted octanol–water partition coefficient (Wildman–Crippen LogP) is 19.5. The molecule has 2 spiro atoms. The van der Waals surface area contributed by atoms with Gasteiger partial charge in [-0.2, -0.15) is 0 Å². The van der Waals surface area contributed by atoms with Crippen LogP contribution in [0.3, 0.4) is 0 Å². The summed E-state index contributed by atoms with van der Waals surface area (Å²) in [4.78, 5) is 7.81. The van der Waals surface area contributed by atoms with E-state index in [1.807, 2.05) is 34.9 Å². The lowest BCUT2D eigenvalue weighted by atomic mass is 9.67. The van der Waals surface area contributed by atoms with Crippen LogP contribution in [0.1, 0.15) is 44.5 Å². The molecule has 1 nitrogen and oxygen atoms in total. The highest BCUT2D eigenvalue weighted by atomic mass is 32.2. The van der Waals surface area contributed by atoms with E-state index in [0.717, 1.165) is 11.4 Å². The first kappa shape index (κ1) is 41.4. The number of benzene rings is 12. The molecule has 0 radical (unpaired) electrons. The third-order valence-corrected chi connectivity index (χ3v) is 20.3. The molecule has 3 heterocycles. The van der Waals surface area contributed by atoms with Crippen LogP contribution in [-0.4, -0.2) is 0 Å². The van der Waals surface area contributed by atoms with Crippen molar-refractivity contribution in [3.63, 3.8) is 0 Å². The minimum absolute atomic E-state index is 0.559. The second-order valence-electron chi connectivity index (χ2n) is 20.2.